The molecule has 5 nitrogen and oxygen atoms in total. The van der Waals surface area contributed by atoms with Crippen molar-refractivity contribution in [1.82, 2.24) is 0 Å². The summed E-state index contributed by atoms with van der Waals surface area (Å²) in [5, 5.41) is 0. The van der Waals surface area contributed by atoms with Crippen molar-refractivity contribution >= 4 is 5.69 Å². The highest BCUT2D eigenvalue weighted by atomic mass is 16.5. The van der Waals surface area contributed by atoms with Crippen molar-refractivity contribution in [3.8, 4) is 5.75 Å². The van der Waals surface area contributed by atoms with Gasteiger partial charge in [-0.3, -0.25) is 4.79 Å². The van der Waals surface area contributed by atoms with Gasteiger partial charge in [-0.2, -0.15) is 0 Å². The van der Waals surface area contributed by atoms with E-state index < -0.39 is 0 Å². The fraction of sp³-hybridized carbons (Fsp3) is 0.292. The van der Waals surface area contributed by atoms with Gasteiger partial charge in [-0.1, -0.05) is 42.5 Å². The van der Waals surface area contributed by atoms with Crippen LogP contribution in [0, 0.1) is 6.92 Å². The molecular weight excluding hydrogens is 364 g/mol. The van der Waals surface area contributed by atoms with Crippen molar-refractivity contribution in [2.24, 2.45) is 0 Å². The predicted octanol–water partition coefficient (Wildman–Crippen LogP) is 2.43. The molecule has 0 atom stereocenters. The number of hydrogen-bond donors (Lipinski definition) is 1. The molecule has 2 aromatic carbocycles. The zero-order valence-corrected chi connectivity index (χ0v) is 16.8. The van der Waals surface area contributed by atoms with E-state index in [0.29, 0.717) is 12.4 Å². The number of nitrogens with one attached hydrogen (secondary N) is 1. The number of rotatable bonds is 6. The van der Waals surface area contributed by atoms with Gasteiger partial charge in [0.25, 0.3) is 0 Å². The van der Waals surface area contributed by atoms with E-state index in [4.69, 9.17) is 9.15 Å². The Hall–Kier alpha value is -3.05. The summed E-state index contributed by atoms with van der Waals surface area (Å²) in [6.07, 6.45) is 1.45. The second-order valence-corrected chi connectivity index (χ2v) is 7.54. The van der Waals surface area contributed by atoms with Crippen molar-refractivity contribution in [3.05, 3.63) is 94.0 Å². The van der Waals surface area contributed by atoms with E-state index in [1.54, 1.807) is 6.07 Å². The molecule has 3 aromatic rings. The number of benzene rings is 2. The zero-order valence-electron chi connectivity index (χ0n) is 16.8. The van der Waals surface area contributed by atoms with Gasteiger partial charge in [0.15, 0.2) is 5.76 Å². The monoisotopic (exact) mass is 391 g/mol. The molecule has 0 radical (unpaired) electrons. The lowest BCUT2D eigenvalue weighted by atomic mass is 10.1. The SMILES string of the molecule is Cc1ccccc1COc1coc(C[NH+]2CCN(c3ccccc3)CC2)cc1=O. The van der Waals surface area contributed by atoms with Gasteiger partial charge in [-0.05, 0) is 30.2 Å². The van der Waals surface area contributed by atoms with Crippen LogP contribution in [0.1, 0.15) is 16.9 Å². The van der Waals surface area contributed by atoms with Crippen molar-refractivity contribution in [2.45, 2.75) is 20.1 Å². The van der Waals surface area contributed by atoms with E-state index in [1.807, 2.05) is 37.3 Å². The maximum atomic E-state index is 12.4. The first-order valence-corrected chi connectivity index (χ1v) is 10.1. The summed E-state index contributed by atoms with van der Waals surface area (Å²) in [6, 6.07) is 20.1. The summed E-state index contributed by atoms with van der Waals surface area (Å²) in [6.45, 7) is 7.15. The molecule has 0 aliphatic carbocycles. The molecule has 0 amide bonds. The van der Waals surface area contributed by atoms with E-state index in [0.717, 1.165) is 43.9 Å². The molecular formula is C24H27N2O3+. The highest BCUT2D eigenvalue weighted by Gasteiger charge is 2.21. The molecule has 29 heavy (non-hydrogen) atoms. The molecule has 1 saturated heterocycles. The minimum atomic E-state index is -0.123. The van der Waals surface area contributed by atoms with E-state index in [9.17, 15) is 4.79 Å². The molecule has 4 rings (SSSR count). The Labute approximate surface area is 171 Å². The van der Waals surface area contributed by atoms with Crippen LogP contribution in [0.15, 0.2) is 76.1 Å². The van der Waals surface area contributed by atoms with Gasteiger partial charge < -0.3 is 19.0 Å². The average molecular weight is 391 g/mol. The molecule has 1 fully saturated rings. The first kappa shape index (κ1) is 19.3. The van der Waals surface area contributed by atoms with Crippen molar-refractivity contribution in [3.63, 3.8) is 0 Å². The lowest BCUT2D eigenvalue weighted by molar-refractivity contribution is -0.915. The highest BCUT2D eigenvalue weighted by molar-refractivity contribution is 5.46. The van der Waals surface area contributed by atoms with E-state index in [2.05, 4.69) is 29.2 Å². The van der Waals surface area contributed by atoms with E-state index in [-0.39, 0.29) is 11.2 Å². The van der Waals surface area contributed by atoms with Crippen LogP contribution >= 0.6 is 0 Å². The first-order valence-electron chi connectivity index (χ1n) is 10.1. The Bertz CT molecular complexity index is 992. The first-order chi connectivity index (χ1) is 14.2. The van der Waals surface area contributed by atoms with Crippen LogP contribution in [0.4, 0.5) is 5.69 Å². The fourth-order valence-electron chi connectivity index (χ4n) is 3.71. The number of hydrogen-bond acceptors (Lipinski definition) is 4. The minimum absolute atomic E-state index is 0.123. The molecule has 1 aliphatic rings. The Morgan fingerprint density at radius 3 is 2.48 bits per heavy atom. The summed E-state index contributed by atoms with van der Waals surface area (Å²) in [5.74, 6) is 0.974. The van der Waals surface area contributed by atoms with Gasteiger partial charge in [-0.15, -0.1) is 0 Å². The predicted molar refractivity (Wildman–Crippen MR) is 114 cm³/mol. The number of aryl methyl sites for hydroxylation is 1. The Kier molecular flexibility index (Phi) is 5.96. The summed E-state index contributed by atoms with van der Waals surface area (Å²) in [5.41, 5.74) is 3.36. The zero-order chi connectivity index (χ0) is 20.1. The van der Waals surface area contributed by atoms with Crippen molar-refractivity contribution < 1.29 is 14.1 Å². The van der Waals surface area contributed by atoms with Crippen LogP contribution in [0.3, 0.4) is 0 Å². The molecule has 0 spiro atoms. The topological polar surface area (TPSA) is 47.1 Å². The lowest BCUT2D eigenvalue weighted by Crippen LogP contribution is -3.13. The Morgan fingerprint density at radius 2 is 1.76 bits per heavy atom. The van der Waals surface area contributed by atoms with Crippen molar-refractivity contribution in [2.75, 3.05) is 31.1 Å². The summed E-state index contributed by atoms with van der Waals surface area (Å²) in [4.78, 5) is 16.3. The third-order valence-electron chi connectivity index (χ3n) is 5.51. The molecule has 5 heteroatoms. The van der Waals surface area contributed by atoms with Gasteiger partial charge in [0.05, 0.1) is 26.2 Å². The van der Waals surface area contributed by atoms with Crippen LogP contribution in [-0.2, 0) is 13.2 Å². The normalized spacial score (nSPS) is 14.7. The highest BCUT2D eigenvalue weighted by Crippen LogP contribution is 2.13. The van der Waals surface area contributed by atoms with Gasteiger partial charge >= 0.3 is 0 Å². The lowest BCUT2D eigenvalue weighted by Gasteiger charge is -2.33. The van der Waals surface area contributed by atoms with Crippen LogP contribution < -0.4 is 20.0 Å². The molecule has 1 aromatic heterocycles. The van der Waals surface area contributed by atoms with Gasteiger partial charge in [0.1, 0.15) is 19.4 Å². The van der Waals surface area contributed by atoms with Gasteiger partial charge in [0, 0.05) is 11.8 Å². The fourth-order valence-corrected chi connectivity index (χ4v) is 3.71. The molecule has 2 heterocycles. The maximum Gasteiger partial charge on any atom is 0.227 e. The van der Waals surface area contributed by atoms with E-state index in [1.165, 1.54) is 16.9 Å². The second-order valence-electron chi connectivity index (χ2n) is 7.54. The Morgan fingerprint density at radius 1 is 1.03 bits per heavy atom. The second kappa shape index (κ2) is 8.97. The number of nitrogens with zero attached hydrogens (tertiary/aromatic N) is 1. The number of anilines is 1. The quantitative estimate of drug-likeness (QED) is 0.701. The summed E-state index contributed by atoms with van der Waals surface area (Å²) < 4.78 is 11.4. The van der Waals surface area contributed by atoms with E-state index >= 15 is 0 Å². The summed E-state index contributed by atoms with van der Waals surface area (Å²) >= 11 is 0. The largest absolute Gasteiger partial charge is 0.482 e. The number of quaternary nitrogens is 1. The molecule has 0 saturated carbocycles. The van der Waals surface area contributed by atoms with Gasteiger partial charge in [-0.25, -0.2) is 0 Å². The number of piperazine rings is 1. The molecule has 0 bridgehead atoms. The standard InChI is InChI=1S/C24H26N2O3/c1-19-7-5-6-8-20(19)17-29-24-18-28-22(15-23(24)27)16-25-11-13-26(14-12-25)21-9-3-2-4-10-21/h2-10,15,18H,11-14,16-17H2,1H3/p+1. The molecule has 150 valence electrons. The molecule has 0 unspecified atom stereocenters. The maximum absolute atomic E-state index is 12.4. The van der Waals surface area contributed by atoms with Crippen LogP contribution in [0.5, 0.6) is 5.75 Å². The molecule has 1 aliphatic heterocycles. The van der Waals surface area contributed by atoms with Gasteiger partial charge in [0.2, 0.25) is 11.2 Å². The Balaban J connectivity index is 1.32. The van der Waals surface area contributed by atoms with Crippen molar-refractivity contribution in [1.29, 1.82) is 0 Å². The average Bonchev–Trinajstić information content (AvgIpc) is 2.75. The number of ether oxygens (including phenoxy) is 1. The smallest absolute Gasteiger partial charge is 0.227 e. The third-order valence-corrected chi connectivity index (χ3v) is 5.51. The molecule has 1 N–H and O–H groups in total. The number of para-hydroxylation sites is 1. The minimum Gasteiger partial charge on any atom is -0.482 e. The van der Waals surface area contributed by atoms with Crippen LogP contribution in [0.2, 0.25) is 0 Å². The summed E-state index contributed by atoms with van der Waals surface area (Å²) in [7, 11) is 0. The van der Waals surface area contributed by atoms with Crippen LogP contribution in [0.25, 0.3) is 0 Å². The van der Waals surface area contributed by atoms with Crippen LogP contribution in [-0.4, -0.2) is 26.2 Å². The third kappa shape index (κ3) is 4.87.